The van der Waals surface area contributed by atoms with Gasteiger partial charge in [0, 0.05) is 19.4 Å². The van der Waals surface area contributed by atoms with Crippen LogP contribution in [-0.2, 0) is 23.3 Å². The number of rotatable bonds is 15. The first-order chi connectivity index (χ1) is 15.7. The minimum atomic E-state index is -4.75. The first-order valence-electron chi connectivity index (χ1n) is 11.5. The zero-order valence-corrected chi connectivity index (χ0v) is 20.4. The van der Waals surface area contributed by atoms with E-state index >= 15 is 0 Å². The number of phosphoric acid groups is 1. The lowest BCUT2D eigenvalue weighted by Gasteiger charge is -2.28. The summed E-state index contributed by atoms with van der Waals surface area (Å²) >= 11 is 0. The molecule has 2 heterocycles. The van der Waals surface area contributed by atoms with Gasteiger partial charge >= 0.3 is 13.5 Å². The van der Waals surface area contributed by atoms with Gasteiger partial charge < -0.3 is 24.0 Å². The Kier molecular flexibility index (Phi) is 11.4. The number of aromatic amines is 1. The van der Waals surface area contributed by atoms with Crippen LogP contribution in [-0.4, -0.2) is 57.5 Å². The largest absolute Gasteiger partial charge is 0.469 e. The first-order valence-corrected chi connectivity index (χ1v) is 13.1. The molecule has 1 aliphatic rings. The Labute approximate surface area is 193 Å². The molecule has 5 unspecified atom stereocenters. The van der Waals surface area contributed by atoms with Crippen molar-refractivity contribution in [2.75, 3.05) is 13.7 Å². The molecule has 0 aliphatic carbocycles. The molecule has 0 spiro atoms. The standard InChI is InChI=1S/C21H37N2O9P/c1-4-6-7-8-9-11-15(10-5-2)31-18-16(14-30-33(26,27)28)32-20(19(18)29-3)23-13-12-17(24)22-21(23)25/h12-13,15-16,18-20H,4-11,14H2,1-3H3,(H,22,24,25)(H2,26,27,28). The van der Waals surface area contributed by atoms with Crippen molar-refractivity contribution >= 4 is 7.82 Å². The summed E-state index contributed by atoms with van der Waals surface area (Å²) in [5.41, 5.74) is -1.24. The van der Waals surface area contributed by atoms with Crippen molar-refractivity contribution in [2.24, 2.45) is 0 Å². The molecule has 0 radical (unpaired) electrons. The zero-order valence-electron chi connectivity index (χ0n) is 19.6. The Morgan fingerprint density at radius 1 is 1.12 bits per heavy atom. The van der Waals surface area contributed by atoms with E-state index in [-0.39, 0.29) is 6.10 Å². The van der Waals surface area contributed by atoms with Crippen LogP contribution in [0, 0.1) is 0 Å². The molecule has 12 heteroatoms. The van der Waals surface area contributed by atoms with E-state index in [0.29, 0.717) is 0 Å². The molecule has 1 saturated heterocycles. The monoisotopic (exact) mass is 492 g/mol. The Morgan fingerprint density at radius 3 is 2.45 bits per heavy atom. The number of unbranched alkanes of at least 4 members (excludes halogenated alkanes) is 4. The van der Waals surface area contributed by atoms with Crippen LogP contribution in [0.25, 0.3) is 0 Å². The van der Waals surface area contributed by atoms with Crippen molar-refractivity contribution in [3.8, 4) is 0 Å². The third-order valence-electron chi connectivity index (χ3n) is 5.68. The van der Waals surface area contributed by atoms with Gasteiger partial charge in [0.15, 0.2) is 6.23 Å². The van der Waals surface area contributed by atoms with E-state index < -0.39 is 50.2 Å². The molecular formula is C21H37N2O9P. The minimum Gasteiger partial charge on any atom is -0.374 e. The van der Waals surface area contributed by atoms with Gasteiger partial charge in [-0.1, -0.05) is 52.4 Å². The van der Waals surface area contributed by atoms with Crippen LogP contribution in [0.5, 0.6) is 0 Å². The third-order valence-corrected chi connectivity index (χ3v) is 6.17. The van der Waals surface area contributed by atoms with Crippen LogP contribution in [0.4, 0.5) is 0 Å². The molecule has 3 N–H and O–H groups in total. The van der Waals surface area contributed by atoms with E-state index in [1.54, 1.807) is 0 Å². The lowest BCUT2D eigenvalue weighted by atomic mass is 10.0. The normalized spacial score (nSPS) is 24.3. The van der Waals surface area contributed by atoms with Crippen molar-refractivity contribution in [3.05, 3.63) is 33.1 Å². The van der Waals surface area contributed by atoms with Gasteiger partial charge in [-0.25, -0.2) is 9.36 Å². The van der Waals surface area contributed by atoms with Crippen LogP contribution in [0.3, 0.4) is 0 Å². The Morgan fingerprint density at radius 2 is 1.85 bits per heavy atom. The highest BCUT2D eigenvalue weighted by molar-refractivity contribution is 7.46. The van der Waals surface area contributed by atoms with Gasteiger partial charge in [0.25, 0.3) is 5.56 Å². The molecular weight excluding hydrogens is 455 g/mol. The molecule has 1 aliphatic heterocycles. The van der Waals surface area contributed by atoms with Gasteiger partial charge in [0.05, 0.1) is 12.7 Å². The van der Waals surface area contributed by atoms with E-state index in [1.165, 1.54) is 36.8 Å². The Hall–Kier alpha value is -1.33. The third kappa shape index (κ3) is 8.75. The van der Waals surface area contributed by atoms with E-state index in [1.807, 2.05) is 0 Å². The summed E-state index contributed by atoms with van der Waals surface area (Å²) in [5, 5.41) is 0. The van der Waals surface area contributed by atoms with Crippen LogP contribution < -0.4 is 11.2 Å². The SMILES string of the molecule is CCCCCCCC(CCC)OC1C(COP(=O)(O)O)OC(n2ccc(=O)[nH]c2=O)C1OC. The quantitative estimate of drug-likeness (QED) is 0.248. The summed E-state index contributed by atoms with van der Waals surface area (Å²) in [5.74, 6) is 0. The average molecular weight is 493 g/mol. The van der Waals surface area contributed by atoms with E-state index in [9.17, 15) is 14.2 Å². The smallest absolute Gasteiger partial charge is 0.374 e. The second kappa shape index (κ2) is 13.5. The number of ether oxygens (including phenoxy) is 3. The molecule has 0 bridgehead atoms. The number of hydrogen-bond acceptors (Lipinski definition) is 7. The van der Waals surface area contributed by atoms with Gasteiger partial charge in [-0.15, -0.1) is 0 Å². The fourth-order valence-electron chi connectivity index (χ4n) is 4.08. The maximum absolute atomic E-state index is 12.3. The van der Waals surface area contributed by atoms with Crippen molar-refractivity contribution in [2.45, 2.75) is 95.9 Å². The van der Waals surface area contributed by atoms with E-state index in [4.69, 9.17) is 28.5 Å². The number of hydrogen-bond donors (Lipinski definition) is 3. The number of nitrogens with zero attached hydrogens (tertiary/aromatic N) is 1. The van der Waals surface area contributed by atoms with Crippen molar-refractivity contribution in [3.63, 3.8) is 0 Å². The minimum absolute atomic E-state index is 0.105. The number of H-pyrrole nitrogens is 1. The fourth-order valence-corrected chi connectivity index (χ4v) is 4.42. The van der Waals surface area contributed by atoms with Gasteiger partial charge in [0.2, 0.25) is 0 Å². The fraction of sp³-hybridized carbons (Fsp3) is 0.810. The highest BCUT2D eigenvalue weighted by atomic mass is 31.2. The predicted molar refractivity (Wildman–Crippen MR) is 121 cm³/mol. The molecule has 190 valence electrons. The molecule has 2 rings (SSSR count). The molecule has 1 aromatic heterocycles. The second-order valence-corrected chi connectivity index (χ2v) is 9.52. The van der Waals surface area contributed by atoms with Crippen molar-refractivity contribution in [1.82, 2.24) is 9.55 Å². The summed E-state index contributed by atoms with van der Waals surface area (Å²) in [6.07, 6.45) is 5.98. The van der Waals surface area contributed by atoms with E-state index in [0.717, 1.165) is 38.5 Å². The molecule has 0 aromatic carbocycles. The molecule has 1 fully saturated rings. The summed E-state index contributed by atoms with van der Waals surface area (Å²) in [4.78, 5) is 44.3. The van der Waals surface area contributed by atoms with Gasteiger partial charge in [-0.05, 0) is 12.8 Å². The molecule has 33 heavy (non-hydrogen) atoms. The molecule has 0 amide bonds. The Balaban J connectivity index is 2.23. The van der Waals surface area contributed by atoms with Gasteiger partial charge in [-0.2, -0.15) is 0 Å². The lowest BCUT2D eigenvalue weighted by Crippen LogP contribution is -2.42. The molecule has 5 atom stereocenters. The van der Waals surface area contributed by atoms with E-state index in [2.05, 4.69) is 18.8 Å². The molecule has 11 nitrogen and oxygen atoms in total. The van der Waals surface area contributed by atoms with Crippen molar-refractivity contribution < 1.29 is 33.1 Å². The van der Waals surface area contributed by atoms with Crippen molar-refractivity contribution in [1.29, 1.82) is 0 Å². The maximum Gasteiger partial charge on any atom is 0.469 e. The van der Waals surface area contributed by atoms with Crippen LogP contribution in [0.2, 0.25) is 0 Å². The second-order valence-electron chi connectivity index (χ2n) is 8.28. The topological polar surface area (TPSA) is 149 Å². The summed E-state index contributed by atoms with van der Waals surface area (Å²) in [6, 6.07) is 1.18. The number of nitrogens with one attached hydrogen (secondary N) is 1. The average Bonchev–Trinajstić information content (AvgIpc) is 3.08. The zero-order chi connectivity index (χ0) is 24.4. The number of methoxy groups -OCH3 is 1. The Bertz CT molecular complexity index is 868. The predicted octanol–water partition coefficient (Wildman–Crippen LogP) is 2.47. The highest BCUT2D eigenvalue weighted by Crippen LogP contribution is 2.40. The molecule has 0 saturated carbocycles. The highest BCUT2D eigenvalue weighted by Gasteiger charge is 2.48. The van der Waals surface area contributed by atoms with Gasteiger partial charge in [-0.3, -0.25) is 18.9 Å². The van der Waals surface area contributed by atoms with Crippen LogP contribution >= 0.6 is 7.82 Å². The van der Waals surface area contributed by atoms with Crippen LogP contribution in [0.15, 0.2) is 21.9 Å². The molecule has 1 aromatic rings. The maximum atomic E-state index is 12.3. The summed E-state index contributed by atoms with van der Waals surface area (Å²) in [7, 11) is -3.30. The number of phosphoric ester groups is 1. The van der Waals surface area contributed by atoms with Gasteiger partial charge in [0.1, 0.15) is 18.3 Å². The summed E-state index contributed by atoms with van der Waals surface area (Å²) < 4.78 is 35.1. The van der Waals surface area contributed by atoms with Crippen LogP contribution in [0.1, 0.15) is 71.4 Å². The first kappa shape index (κ1) is 27.9. The number of aromatic nitrogens is 2. The lowest BCUT2D eigenvalue weighted by molar-refractivity contribution is -0.0994. The summed E-state index contributed by atoms with van der Waals surface area (Å²) in [6.45, 7) is 3.78.